The van der Waals surface area contributed by atoms with Crippen molar-refractivity contribution in [3.63, 3.8) is 0 Å². The number of nitrogen functional groups attached to an aromatic ring is 1. The van der Waals surface area contributed by atoms with Crippen molar-refractivity contribution in [2.75, 3.05) is 5.73 Å². The van der Waals surface area contributed by atoms with E-state index in [0.29, 0.717) is 11.3 Å². The fourth-order valence-corrected chi connectivity index (χ4v) is 2.37. The number of hydrogen-bond donors (Lipinski definition) is 1. The van der Waals surface area contributed by atoms with Gasteiger partial charge in [-0.3, -0.25) is 0 Å². The normalized spacial score (nSPS) is 11.1. The van der Waals surface area contributed by atoms with Crippen LogP contribution in [0.15, 0.2) is 36.5 Å². The molecule has 20 heavy (non-hydrogen) atoms. The molecule has 3 aromatic rings. The van der Waals surface area contributed by atoms with Crippen LogP contribution in [-0.2, 0) is 6.54 Å². The molecular weight excluding hydrogens is 255 g/mol. The van der Waals surface area contributed by atoms with Crippen LogP contribution in [0.3, 0.4) is 0 Å². The second-order valence-electron chi connectivity index (χ2n) is 4.66. The molecule has 3 rings (SSSR count). The van der Waals surface area contributed by atoms with Crippen LogP contribution in [0, 0.1) is 5.82 Å². The number of nitrogens with zero attached hydrogens (tertiary/aromatic N) is 3. The minimum absolute atomic E-state index is 0.305. The van der Waals surface area contributed by atoms with Crippen molar-refractivity contribution in [1.29, 1.82) is 0 Å². The van der Waals surface area contributed by atoms with Crippen molar-refractivity contribution in [1.82, 2.24) is 14.5 Å². The molecule has 0 saturated heterocycles. The molecular formula is C15H15FN4. The summed E-state index contributed by atoms with van der Waals surface area (Å²) in [4.78, 5) is 8.43. The molecule has 0 aliphatic heterocycles. The van der Waals surface area contributed by atoms with Crippen LogP contribution < -0.4 is 5.73 Å². The number of fused-ring (bicyclic) bond motifs is 1. The van der Waals surface area contributed by atoms with Gasteiger partial charge in [0.25, 0.3) is 0 Å². The first kappa shape index (κ1) is 12.6. The standard InChI is InChI=1S/C15H15FN4/c1-2-8-20-12-5-3-4-11(16)14(12)19-15(20)10-6-7-18-13(17)9-10/h3-7,9H,2,8H2,1H3,(H2,17,18). The Bertz CT molecular complexity index is 764. The number of hydrogen-bond acceptors (Lipinski definition) is 3. The van der Waals surface area contributed by atoms with E-state index in [1.165, 1.54) is 6.07 Å². The van der Waals surface area contributed by atoms with E-state index in [4.69, 9.17) is 5.73 Å². The maximum Gasteiger partial charge on any atom is 0.151 e. The van der Waals surface area contributed by atoms with Crippen molar-refractivity contribution in [2.24, 2.45) is 0 Å². The van der Waals surface area contributed by atoms with E-state index < -0.39 is 0 Å². The van der Waals surface area contributed by atoms with Gasteiger partial charge in [-0.15, -0.1) is 0 Å². The van der Waals surface area contributed by atoms with E-state index in [1.807, 2.05) is 16.7 Å². The fourth-order valence-electron chi connectivity index (χ4n) is 2.37. The molecule has 0 fully saturated rings. The smallest absolute Gasteiger partial charge is 0.151 e. The number of benzene rings is 1. The summed E-state index contributed by atoms with van der Waals surface area (Å²) in [5.74, 6) is 0.847. The highest BCUT2D eigenvalue weighted by atomic mass is 19.1. The van der Waals surface area contributed by atoms with Gasteiger partial charge in [-0.05, 0) is 30.7 Å². The molecule has 0 spiro atoms. The number of halogens is 1. The Labute approximate surface area is 116 Å². The summed E-state index contributed by atoms with van der Waals surface area (Å²) < 4.78 is 15.9. The Hall–Kier alpha value is -2.43. The van der Waals surface area contributed by atoms with E-state index in [9.17, 15) is 4.39 Å². The number of aryl methyl sites for hydroxylation is 1. The van der Waals surface area contributed by atoms with Crippen LogP contribution in [0.4, 0.5) is 10.2 Å². The Kier molecular flexibility index (Phi) is 3.10. The summed E-state index contributed by atoms with van der Waals surface area (Å²) in [6.07, 6.45) is 2.58. The first-order valence-corrected chi connectivity index (χ1v) is 6.57. The maximum atomic E-state index is 13.9. The van der Waals surface area contributed by atoms with Crippen LogP contribution in [0.5, 0.6) is 0 Å². The summed E-state index contributed by atoms with van der Waals surface area (Å²) in [5.41, 5.74) is 7.77. The van der Waals surface area contributed by atoms with Gasteiger partial charge in [-0.1, -0.05) is 13.0 Å². The molecule has 0 atom stereocenters. The molecule has 4 nitrogen and oxygen atoms in total. The Balaban J connectivity index is 2.29. The van der Waals surface area contributed by atoms with Gasteiger partial charge in [0.05, 0.1) is 5.52 Å². The summed E-state index contributed by atoms with van der Waals surface area (Å²) in [7, 11) is 0. The number of nitrogens with two attached hydrogens (primary N) is 1. The molecule has 0 aliphatic carbocycles. The van der Waals surface area contributed by atoms with Gasteiger partial charge < -0.3 is 10.3 Å². The van der Waals surface area contributed by atoms with E-state index in [-0.39, 0.29) is 5.82 Å². The molecule has 0 bridgehead atoms. The summed E-state index contributed by atoms with van der Waals surface area (Å²) >= 11 is 0. The average molecular weight is 270 g/mol. The van der Waals surface area contributed by atoms with Crippen LogP contribution in [0.1, 0.15) is 13.3 Å². The highest BCUT2D eigenvalue weighted by Gasteiger charge is 2.14. The van der Waals surface area contributed by atoms with Crippen LogP contribution >= 0.6 is 0 Å². The predicted molar refractivity (Wildman–Crippen MR) is 77.6 cm³/mol. The van der Waals surface area contributed by atoms with Crippen LogP contribution in [-0.4, -0.2) is 14.5 Å². The first-order valence-electron chi connectivity index (χ1n) is 6.57. The van der Waals surface area contributed by atoms with Gasteiger partial charge in [0.2, 0.25) is 0 Å². The number of aromatic nitrogens is 3. The molecule has 2 N–H and O–H groups in total. The van der Waals surface area contributed by atoms with Gasteiger partial charge in [0.15, 0.2) is 5.82 Å². The highest BCUT2D eigenvalue weighted by Crippen LogP contribution is 2.27. The number of rotatable bonds is 3. The van der Waals surface area contributed by atoms with E-state index in [0.717, 1.165) is 29.9 Å². The minimum Gasteiger partial charge on any atom is -0.384 e. The summed E-state index contributed by atoms with van der Waals surface area (Å²) in [6.45, 7) is 2.85. The molecule has 102 valence electrons. The zero-order valence-electron chi connectivity index (χ0n) is 11.2. The second-order valence-corrected chi connectivity index (χ2v) is 4.66. The second kappa shape index (κ2) is 4.92. The molecule has 2 aromatic heterocycles. The number of imidazole rings is 1. The van der Waals surface area contributed by atoms with E-state index in [1.54, 1.807) is 18.3 Å². The zero-order valence-corrected chi connectivity index (χ0v) is 11.2. The Morgan fingerprint density at radius 1 is 1.30 bits per heavy atom. The average Bonchev–Trinajstić information content (AvgIpc) is 2.80. The lowest BCUT2D eigenvalue weighted by Crippen LogP contribution is -2.00. The number of pyridine rings is 1. The maximum absolute atomic E-state index is 13.9. The third-order valence-electron chi connectivity index (χ3n) is 3.22. The van der Waals surface area contributed by atoms with Crippen molar-refractivity contribution in [3.05, 3.63) is 42.3 Å². The SMILES string of the molecule is CCCn1c(-c2ccnc(N)c2)nc2c(F)cccc21. The lowest BCUT2D eigenvalue weighted by molar-refractivity contribution is 0.637. The molecule has 5 heteroatoms. The molecule has 2 heterocycles. The van der Waals surface area contributed by atoms with Crippen LogP contribution in [0.2, 0.25) is 0 Å². The summed E-state index contributed by atoms with van der Waals surface area (Å²) in [6, 6.07) is 8.61. The minimum atomic E-state index is -0.305. The Morgan fingerprint density at radius 3 is 2.90 bits per heavy atom. The van der Waals surface area contributed by atoms with Gasteiger partial charge in [-0.2, -0.15) is 0 Å². The molecule has 0 radical (unpaired) electrons. The van der Waals surface area contributed by atoms with Gasteiger partial charge >= 0.3 is 0 Å². The van der Waals surface area contributed by atoms with Gasteiger partial charge in [0.1, 0.15) is 17.2 Å². The number of para-hydroxylation sites is 1. The monoisotopic (exact) mass is 270 g/mol. The third kappa shape index (κ3) is 2.01. The highest BCUT2D eigenvalue weighted by molar-refractivity contribution is 5.81. The molecule has 0 amide bonds. The van der Waals surface area contributed by atoms with Crippen molar-refractivity contribution >= 4 is 16.9 Å². The predicted octanol–water partition coefficient (Wildman–Crippen LogP) is 3.23. The topological polar surface area (TPSA) is 56.7 Å². The van der Waals surface area contributed by atoms with Crippen LogP contribution in [0.25, 0.3) is 22.4 Å². The lowest BCUT2D eigenvalue weighted by atomic mass is 10.2. The molecule has 0 saturated carbocycles. The quantitative estimate of drug-likeness (QED) is 0.795. The summed E-state index contributed by atoms with van der Waals surface area (Å²) in [5, 5.41) is 0. The van der Waals surface area contributed by atoms with Crippen molar-refractivity contribution in [3.8, 4) is 11.4 Å². The first-order chi connectivity index (χ1) is 9.70. The largest absolute Gasteiger partial charge is 0.384 e. The fraction of sp³-hybridized carbons (Fsp3) is 0.200. The van der Waals surface area contributed by atoms with Gasteiger partial charge in [0, 0.05) is 18.3 Å². The van der Waals surface area contributed by atoms with Gasteiger partial charge in [-0.25, -0.2) is 14.4 Å². The lowest BCUT2D eigenvalue weighted by Gasteiger charge is -2.07. The van der Waals surface area contributed by atoms with E-state index >= 15 is 0 Å². The Morgan fingerprint density at radius 2 is 2.15 bits per heavy atom. The van der Waals surface area contributed by atoms with E-state index in [2.05, 4.69) is 16.9 Å². The zero-order chi connectivity index (χ0) is 14.1. The third-order valence-corrected chi connectivity index (χ3v) is 3.22. The molecule has 0 aliphatic rings. The molecule has 1 aromatic carbocycles. The van der Waals surface area contributed by atoms with Crippen molar-refractivity contribution < 1.29 is 4.39 Å². The van der Waals surface area contributed by atoms with Crippen molar-refractivity contribution in [2.45, 2.75) is 19.9 Å². The molecule has 0 unspecified atom stereocenters. The number of anilines is 1.